The molecular weight excluding hydrogens is 217 g/mol. The maximum absolute atomic E-state index is 13.8. The van der Waals surface area contributed by atoms with E-state index < -0.39 is 36.3 Å². The Morgan fingerprint density at radius 1 is 1.38 bits per heavy atom. The number of nitrogens with two attached hydrogens (primary N) is 1. The van der Waals surface area contributed by atoms with E-state index in [1.54, 1.807) is 13.8 Å². The van der Waals surface area contributed by atoms with Crippen LogP contribution in [-0.2, 0) is 14.2 Å². The Labute approximate surface area is 93.7 Å². The second kappa shape index (κ2) is 4.19. The molecule has 16 heavy (non-hydrogen) atoms. The molecule has 5 nitrogen and oxygen atoms in total. The van der Waals surface area contributed by atoms with E-state index in [2.05, 4.69) is 0 Å². The van der Waals surface area contributed by atoms with E-state index in [0.29, 0.717) is 0 Å². The van der Waals surface area contributed by atoms with Gasteiger partial charge in [-0.3, -0.25) is 0 Å². The zero-order chi connectivity index (χ0) is 11.9. The molecule has 0 aromatic carbocycles. The minimum atomic E-state index is -1.32. The predicted molar refractivity (Wildman–Crippen MR) is 53.5 cm³/mol. The fraction of sp³-hybridized carbons (Fsp3) is 1.00. The summed E-state index contributed by atoms with van der Waals surface area (Å²) in [6.45, 7) is 3.44. The Hall–Kier alpha value is -0.270. The van der Waals surface area contributed by atoms with Crippen LogP contribution in [0.25, 0.3) is 0 Å². The van der Waals surface area contributed by atoms with Gasteiger partial charge in [0.1, 0.15) is 24.5 Å². The van der Waals surface area contributed by atoms with E-state index >= 15 is 0 Å². The highest BCUT2D eigenvalue weighted by atomic mass is 19.1. The lowest BCUT2D eigenvalue weighted by Gasteiger charge is -2.24. The van der Waals surface area contributed by atoms with Gasteiger partial charge in [0.2, 0.25) is 0 Å². The van der Waals surface area contributed by atoms with Crippen molar-refractivity contribution in [2.75, 3.05) is 13.2 Å². The molecule has 94 valence electrons. The Morgan fingerprint density at radius 2 is 2.00 bits per heavy atom. The maximum atomic E-state index is 13.8. The normalized spacial score (nSPS) is 45.9. The molecule has 1 aliphatic carbocycles. The lowest BCUT2D eigenvalue weighted by molar-refractivity contribution is -0.176. The molecule has 5 unspecified atom stereocenters. The number of fused-ring (bicyclic) bond motifs is 1. The van der Waals surface area contributed by atoms with Crippen LogP contribution in [0, 0.1) is 0 Å². The van der Waals surface area contributed by atoms with Gasteiger partial charge in [0.25, 0.3) is 0 Å². The van der Waals surface area contributed by atoms with Crippen LogP contribution in [0.15, 0.2) is 0 Å². The van der Waals surface area contributed by atoms with Gasteiger partial charge in [0.15, 0.2) is 5.79 Å². The first kappa shape index (κ1) is 12.2. The molecule has 2 rings (SSSR count). The second-order valence-corrected chi connectivity index (χ2v) is 4.65. The molecule has 1 saturated carbocycles. The molecule has 2 aliphatic rings. The summed E-state index contributed by atoms with van der Waals surface area (Å²) in [6, 6.07) is -0.740. The van der Waals surface area contributed by atoms with Crippen LogP contribution in [-0.4, -0.2) is 54.6 Å². The Balaban J connectivity index is 2.08. The molecule has 0 spiro atoms. The van der Waals surface area contributed by atoms with E-state index in [4.69, 9.17) is 25.1 Å². The van der Waals surface area contributed by atoms with Gasteiger partial charge in [-0.2, -0.15) is 0 Å². The largest absolute Gasteiger partial charge is 0.394 e. The van der Waals surface area contributed by atoms with E-state index in [0.717, 1.165) is 0 Å². The molecule has 1 aliphatic heterocycles. The van der Waals surface area contributed by atoms with Gasteiger partial charge in [-0.15, -0.1) is 0 Å². The number of halogens is 1. The molecule has 5 atom stereocenters. The Kier molecular flexibility index (Phi) is 3.20. The van der Waals surface area contributed by atoms with Crippen molar-refractivity contribution in [2.45, 2.75) is 50.2 Å². The third kappa shape index (κ3) is 1.96. The lowest BCUT2D eigenvalue weighted by atomic mass is 10.2. The van der Waals surface area contributed by atoms with Crippen LogP contribution in [0.5, 0.6) is 0 Å². The topological polar surface area (TPSA) is 73.9 Å². The van der Waals surface area contributed by atoms with Gasteiger partial charge in [-0.1, -0.05) is 0 Å². The third-order valence-corrected chi connectivity index (χ3v) is 2.95. The quantitative estimate of drug-likeness (QED) is 0.694. The SMILES string of the molecule is CC1(C)OC2C(N)C(F)C(OCCO)C2O1. The van der Waals surface area contributed by atoms with E-state index in [-0.39, 0.29) is 13.2 Å². The summed E-state index contributed by atoms with van der Waals surface area (Å²) < 4.78 is 30.1. The molecule has 1 saturated heterocycles. The lowest BCUT2D eigenvalue weighted by Crippen LogP contribution is -2.41. The van der Waals surface area contributed by atoms with E-state index in [1.165, 1.54) is 0 Å². The first-order valence-corrected chi connectivity index (χ1v) is 5.44. The molecule has 2 fully saturated rings. The summed E-state index contributed by atoms with van der Waals surface area (Å²) in [6.07, 6.45) is -3.05. The number of aliphatic hydroxyl groups excluding tert-OH is 1. The highest BCUT2D eigenvalue weighted by Crippen LogP contribution is 2.40. The van der Waals surface area contributed by atoms with Crippen LogP contribution < -0.4 is 5.73 Å². The zero-order valence-electron chi connectivity index (χ0n) is 9.43. The summed E-state index contributed by atoms with van der Waals surface area (Å²) in [4.78, 5) is 0. The molecule has 0 aromatic rings. The van der Waals surface area contributed by atoms with Crippen LogP contribution in [0.4, 0.5) is 4.39 Å². The Morgan fingerprint density at radius 3 is 2.62 bits per heavy atom. The summed E-state index contributed by atoms with van der Waals surface area (Å²) in [7, 11) is 0. The summed E-state index contributed by atoms with van der Waals surface area (Å²) in [5, 5.41) is 8.67. The fourth-order valence-electron chi connectivity index (χ4n) is 2.33. The van der Waals surface area contributed by atoms with Crippen molar-refractivity contribution in [3.8, 4) is 0 Å². The number of rotatable bonds is 3. The second-order valence-electron chi connectivity index (χ2n) is 4.65. The average Bonchev–Trinajstić information content (AvgIpc) is 2.62. The molecule has 0 bridgehead atoms. The third-order valence-electron chi connectivity index (χ3n) is 2.95. The standard InChI is InChI=1S/C10H18FNO4/c1-10(2)15-8-6(12)5(11)7(9(8)16-10)14-4-3-13/h5-9,13H,3-4,12H2,1-2H3. The van der Waals surface area contributed by atoms with Gasteiger partial charge in [0, 0.05) is 0 Å². The summed E-state index contributed by atoms with van der Waals surface area (Å²) in [5.74, 6) is -0.756. The van der Waals surface area contributed by atoms with Crippen molar-refractivity contribution in [3.63, 3.8) is 0 Å². The minimum Gasteiger partial charge on any atom is -0.394 e. The van der Waals surface area contributed by atoms with Crippen molar-refractivity contribution in [2.24, 2.45) is 5.73 Å². The predicted octanol–water partition coefficient (Wildman–Crippen LogP) is -0.437. The molecule has 3 N–H and O–H groups in total. The highest BCUT2D eigenvalue weighted by molar-refractivity contribution is 5.07. The first-order chi connectivity index (χ1) is 7.46. The smallest absolute Gasteiger partial charge is 0.163 e. The van der Waals surface area contributed by atoms with Gasteiger partial charge >= 0.3 is 0 Å². The van der Waals surface area contributed by atoms with Crippen LogP contribution in [0.1, 0.15) is 13.8 Å². The maximum Gasteiger partial charge on any atom is 0.163 e. The molecule has 6 heteroatoms. The van der Waals surface area contributed by atoms with Gasteiger partial charge in [-0.05, 0) is 13.8 Å². The van der Waals surface area contributed by atoms with E-state index in [9.17, 15) is 4.39 Å². The summed E-state index contributed by atoms with van der Waals surface area (Å²) >= 11 is 0. The van der Waals surface area contributed by atoms with Gasteiger partial charge < -0.3 is 25.1 Å². The van der Waals surface area contributed by atoms with Crippen LogP contribution in [0.3, 0.4) is 0 Å². The molecule has 0 radical (unpaired) electrons. The van der Waals surface area contributed by atoms with E-state index in [1.807, 2.05) is 0 Å². The van der Waals surface area contributed by atoms with Crippen LogP contribution >= 0.6 is 0 Å². The van der Waals surface area contributed by atoms with Crippen molar-refractivity contribution in [3.05, 3.63) is 0 Å². The van der Waals surface area contributed by atoms with Gasteiger partial charge in [0.05, 0.1) is 19.3 Å². The zero-order valence-corrected chi connectivity index (χ0v) is 9.43. The minimum absolute atomic E-state index is 0.0742. The number of alkyl halides is 1. The first-order valence-electron chi connectivity index (χ1n) is 5.44. The van der Waals surface area contributed by atoms with Gasteiger partial charge in [-0.25, -0.2) is 4.39 Å². The summed E-state index contributed by atoms with van der Waals surface area (Å²) in [5.41, 5.74) is 5.72. The number of ether oxygens (including phenoxy) is 3. The van der Waals surface area contributed by atoms with Crippen molar-refractivity contribution in [1.82, 2.24) is 0 Å². The van der Waals surface area contributed by atoms with Crippen molar-refractivity contribution < 1.29 is 23.7 Å². The number of aliphatic hydroxyl groups is 1. The van der Waals surface area contributed by atoms with Crippen molar-refractivity contribution in [1.29, 1.82) is 0 Å². The average molecular weight is 235 g/mol. The Bertz CT molecular complexity index is 263. The molecule has 0 aromatic heterocycles. The molecule has 0 amide bonds. The van der Waals surface area contributed by atoms with Crippen molar-refractivity contribution >= 4 is 0 Å². The molecule has 1 heterocycles. The number of hydrogen-bond acceptors (Lipinski definition) is 5. The van der Waals surface area contributed by atoms with Crippen LogP contribution in [0.2, 0.25) is 0 Å². The highest BCUT2D eigenvalue weighted by Gasteiger charge is 2.58. The molecular formula is C10H18FNO4. The number of hydrogen-bond donors (Lipinski definition) is 2. The monoisotopic (exact) mass is 235 g/mol. The fourth-order valence-corrected chi connectivity index (χ4v) is 2.33.